The van der Waals surface area contributed by atoms with Crippen LogP contribution in [0, 0.1) is 5.92 Å². The summed E-state index contributed by atoms with van der Waals surface area (Å²) in [5.74, 6) is 0.292. The van der Waals surface area contributed by atoms with Gasteiger partial charge in [-0.15, -0.1) is 0 Å². The van der Waals surface area contributed by atoms with Crippen LogP contribution in [0.25, 0.3) is 0 Å². The van der Waals surface area contributed by atoms with E-state index in [4.69, 9.17) is 13.6 Å². The summed E-state index contributed by atoms with van der Waals surface area (Å²) < 4.78 is 15.9. The van der Waals surface area contributed by atoms with E-state index in [0.29, 0.717) is 30.5 Å². The van der Waals surface area contributed by atoms with Crippen LogP contribution in [-0.2, 0) is 9.53 Å². The molecule has 2 rings (SSSR count). The van der Waals surface area contributed by atoms with Crippen molar-refractivity contribution in [1.29, 1.82) is 0 Å². The van der Waals surface area contributed by atoms with Gasteiger partial charge in [0.25, 0.3) is 5.91 Å². The molecule has 2 atom stereocenters. The molecule has 0 unspecified atom stereocenters. The molecule has 0 saturated heterocycles. The van der Waals surface area contributed by atoms with Crippen molar-refractivity contribution >= 4 is 11.8 Å². The summed E-state index contributed by atoms with van der Waals surface area (Å²) in [7, 11) is 0. The predicted molar refractivity (Wildman–Crippen MR) is 90.9 cm³/mol. The van der Waals surface area contributed by atoms with Gasteiger partial charge in [0.1, 0.15) is 24.1 Å². The van der Waals surface area contributed by atoms with E-state index in [1.807, 2.05) is 13.8 Å². The smallest absolute Gasteiger partial charge is 0.255 e. The van der Waals surface area contributed by atoms with Gasteiger partial charge in [-0.3, -0.25) is 9.59 Å². The molecule has 0 spiro atoms. The highest BCUT2D eigenvalue weighted by molar-refractivity contribution is 5.97. The van der Waals surface area contributed by atoms with Crippen LogP contribution in [0.15, 0.2) is 45.8 Å². The second-order valence-electron chi connectivity index (χ2n) is 6.22. The highest BCUT2D eigenvalue weighted by Gasteiger charge is 2.23. The first-order chi connectivity index (χ1) is 12.0. The third-order valence-electron chi connectivity index (χ3n) is 3.46. The van der Waals surface area contributed by atoms with Crippen LogP contribution < -0.4 is 10.6 Å². The molecule has 0 aliphatic rings. The van der Waals surface area contributed by atoms with Gasteiger partial charge >= 0.3 is 0 Å². The van der Waals surface area contributed by atoms with Gasteiger partial charge in [-0.25, -0.2) is 0 Å². The Morgan fingerprint density at radius 3 is 2.52 bits per heavy atom. The van der Waals surface area contributed by atoms with Crippen LogP contribution in [0.2, 0.25) is 0 Å². The van der Waals surface area contributed by atoms with E-state index in [-0.39, 0.29) is 11.8 Å². The van der Waals surface area contributed by atoms with Crippen molar-refractivity contribution in [2.75, 3.05) is 13.2 Å². The number of carbonyl (C=O) groups is 2. The molecule has 0 radical (unpaired) electrons. The van der Waals surface area contributed by atoms with E-state index in [2.05, 4.69) is 10.6 Å². The van der Waals surface area contributed by atoms with Crippen LogP contribution in [-0.4, -0.2) is 31.1 Å². The molecule has 25 heavy (non-hydrogen) atoms. The Balaban J connectivity index is 1.92. The number of amides is 2. The van der Waals surface area contributed by atoms with Crippen molar-refractivity contribution in [1.82, 2.24) is 10.6 Å². The lowest BCUT2D eigenvalue weighted by molar-refractivity contribution is -0.124. The average molecular weight is 348 g/mol. The largest absolute Gasteiger partial charge is 0.472 e. The zero-order chi connectivity index (χ0) is 18.2. The van der Waals surface area contributed by atoms with Crippen LogP contribution in [0.3, 0.4) is 0 Å². The van der Waals surface area contributed by atoms with Gasteiger partial charge in [-0.2, -0.15) is 0 Å². The summed E-state index contributed by atoms with van der Waals surface area (Å²) in [5.41, 5.74) is 0.363. The maximum Gasteiger partial charge on any atom is 0.255 e. The molecule has 0 fully saturated rings. The summed E-state index contributed by atoms with van der Waals surface area (Å²) in [6.07, 6.45) is 4.27. The number of hydrogen-bond acceptors (Lipinski definition) is 5. The maximum atomic E-state index is 12.4. The number of carbonyl (C=O) groups excluding carboxylic acids is 2. The molecule has 0 bridgehead atoms. The van der Waals surface area contributed by atoms with Crippen molar-refractivity contribution in [2.45, 2.75) is 32.9 Å². The molecular formula is C18H24N2O5. The lowest BCUT2D eigenvalue weighted by Crippen LogP contribution is -2.46. The molecule has 2 aromatic rings. The van der Waals surface area contributed by atoms with E-state index in [1.165, 1.54) is 18.6 Å². The van der Waals surface area contributed by atoms with Crippen LogP contribution in [0.5, 0.6) is 0 Å². The highest BCUT2D eigenvalue weighted by Crippen LogP contribution is 2.15. The SMILES string of the molecule is CC(C)COC[C@H](NC(=O)[C@H](C)NC(=O)c1ccoc1)c1ccco1. The average Bonchev–Trinajstić information content (AvgIpc) is 3.26. The molecule has 7 heteroatoms. The number of furan rings is 2. The third kappa shape index (κ3) is 5.79. The maximum absolute atomic E-state index is 12.4. The monoisotopic (exact) mass is 348 g/mol. The fourth-order valence-corrected chi connectivity index (χ4v) is 2.14. The Morgan fingerprint density at radius 2 is 1.92 bits per heavy atom. The second kappa shape index (κ2) is 9.08. The number of ether oxygens (including phenoxy) is 1. The fraction of sp³-hybridized carbons (Fsp3) is 0.444. The van der Waals surface area contributed by atoms with Gasteiger partial charge in [0, 0.05) is 6.61 Å². The van der Waals surface area contributed by atoms with E-state index in [1.54, 1.807) is 25.3 Å². The van der Waals surface area contributed by atoms with Gasteiger partial charge in [-0.05, 0) is 31.0 Å². The summed E-state index contributed by atoms with van der Waals surface area (Å²) in [6.45, 7) is 6.59. The first kappa shape index (κ1) is 18.8. The molecule has 2 amide bonds. The molecule has 0 aliphatic carbocycles. The highest BCUT2D eigenvalue weighted by atomic mass is 16.5. The normalized spacial score (nSPS) is 13.4. The molecule has 0 aliphatic heterocycles. The van der Waals surface area contributed by atoms with E-state index >= 15 is 0 Å². The van der Waals surface area contributed by atoms with Crippen molar-refractivity contribution < 1.29 is 23.2 Å². The zero-order valence-electron chi connectivity index (χ0n) is 14.7. The Morgan fingerprint density at radius 1 is 1.12 bits per heavy atom. The van der Waals surface area contributed by atoms with Gasteiger partial charge < -0.3 is 24.2 Å². The van der Waals surface area contributed by atoms with Crippen molar-refractivity contribution in [3.05, 3.63) is 48.3 Å². The van der Waals surface area contributed by atoms with Crippen LogP contribution in [0.4, 0.5) is 0 Å². The Bertz CT molecular complexity index is 649. The first-order valence-electron chi connectivity index (χ1n) is 8.22. The minimum absolute atomic E-state index is 0.291. The minimum Gasteiger partial charge on any atom is -0.472 e. The quantitative estimate of drug-likeness (QED) is 0.726. The molecule has 0 saturated carbocycles. The van der Waals surface area contributed by atoms with Crippen LogP contribution in [0.1, 0.15) is 42.9 Å². The van der Waals surface area contributed by atoms with Gasteiger partial charge in [0.05, 0.1) is 24.7 Å². The number of nitrogens with one attached hydrogen (secondary N) is 2. The summed E-state index contributed by atoms with van der Waals surface area (Å²) in [4.78, 5) is 24.4. The van der Waals surface area contributed by atoms with E-state index < -0.39 is 12.1 Å². The molecule has 0 aromatic carbocycles. The standard InChI is InChI=1S/C18H24N2O5/c1-12(2)9-24-11-15(16-5-4-7-25-16)20-17(21)13(3)19-18(22)14-6-8-23-10-14/h4-8,10,12-13,15H,9,11H2,1-3H3,(H,19,22)(H,20,21)/t13-,15-/m0/s1. The first-order valence-corrected chi connectivity index (χ1v) is 8.22. The molecular weight excluding hydrogens is 324 g/mol. The van der Waals surface area contributed by atoms with Crippen molar-refractivity contribution in [3.63, 3.8) is 0 Å². The van der Waals surface area contributed by atoms with E-state index in [9.17, 15) is 9.59 Å². The fourth-order valence-electron chi connectivity index (χ4n) is 2.14. The Hall–Kier alpha value is -2.54. The lowest BCUT2D eigenvalue weighted by atomic mass is 10.2. The third-order valence-corrected chi connectivity index (χ3v) is 3.46. The van der Waals surface area contributed by atoms with Crippen molar-refractivity contribution in [3.8, 4) is 0 Å². The molecule has 136 valence electrons. The number of rotatable bonds is 9. The molecule has 7 nitrogen and oxygen atoms in total. The summed E-state index contributed by atoms with van der Waals surface area (Å²) >= 11 is 0. The summed E-state index contributed by atoms with van der Waals surface area (Å²) in [5, 5.41) is 5.47. The number of hydrogen-bond donors (Lipinski definition) is 2. The minimum atomic E-state index is -0.718. The van der Waals surface area contributed by atoms with Gasteiger partial charge in [-0.1, -0.05) is 13.8 Å². The lowest BCUT2D eigenvalue weighted by Gasteiger charge is -2.20. The Labute approximate surface area is 146 Å². The predicted octanol–water partition coefficient (Wildman–Crippen LogP) is 2.52. The van der Waals surface area contributed by atoms with Crippen LogP contribution >= 0.6 is 0 Å². The molecule has 2 aromatic heterocycles. The van der Waals surface area contributed by atoms with E-state index in [0.717, 1.165) is 0 Å². The zero-order valence-corrected chi connectivity index (χ0v) is 14.7. The molecule has 2 N–H and O–H groups in total. The topological polar surface area (TPSA) is 93.7 Å². The second-order valence-corrected chi connectivity index (χ2v) is 6.22. The summed E-state index contributed by atoms with van der Waals surface area (Å²) in [6, 6.07) is 3.92. The van der Waals surface area contributed by atoms with Gasteiger partial charge in [0.2, 0.25) is 5.91 Å². The van der Waals surface area contributed by atoms with Crippen molar-refractivity contribution in [2.24, 2.45) is 5.92 Å². The molecule has 2 heterocycles. The Kier molecular flexibility index (Phi) is 6.82. The van der Waals surface area contributed by atoms with Gasteiger partial charge in [0.15, 0.2) is 0 Å².